The van der Waals surface area contributed by atoms with Crippen molar-refractivity contribution in [2.75, 3.05) is 6.61 Å². The number of nitrogens with zero attached hydrogens (tertiary/aromatic N) is 3. The number of oxazole rings is 3. The summed E-state index contributed by atoms with van der Waals surface area (Å²) in [5, 5.41) is 0. The van der Waals surface area contributed by atoms with E-state index in [1.807, 2.05) is 13.0 Å². The van der Waals surface area contributed by atoms with Gasteiger partial charge in [0.2, 0.25) is 17.7 Å². The van der Waals surface area contributed by atoms with Crippen LogP contribution < -0.4 is 0 Å². The molecule has 9 nitrogen and oxygen atoms in total. The minimum absolute atomic E-state index is 0.0780. The van der Waals surface area contributed by atoms with E-state index in [2.05, 4.69) is 15.0 Å². The van der Waals surface area contributed by atoms with Gasteiger partial charge in [-0.15, -0.1) is 0 Å². The van der Waals surface area contributed by atoms with E-state index in [4.69, 9.17) is 18.0 Å². The third kappa shape index (κ3) is 6.52. The van der Waals surface area contributed by atoms with Crippen molar-refractivity contribution in [2.45, 2.75) is 70.6 Å². The monoisotopic (exact) mass is 467 g/mol. The molecule has 0 N–H and O–H groups in total. The molecule has 1 atom stereocenters. The Morgan fingerprint density at radius 3 is 2.50 bits per heavy atom. The number of carbonyl (C=O) groups is 2. The minimum atomic E-state index is -0.176. The third-order valence-corrected chi connectivity index (χ3v) is 5.65. The predicted molar refractivity (Wildman–Crippen MR) is 122 cm³/mol. The van der Waals surface area contributed by atoms with Crippen LogP contribution in [0.4, 0.5) is 0 Å². The zero-order valence-electron chi connectivity index (χ0n) is 19.3. The summed E-state index contributed by atoms with van der Waals surface area (Å²) in [4.78, 5) is 37.5. The molecule has 180 valence electrons. The zero-order valence-corrected chi connectivity index (χ0v) is 19.3. The quantitative estimate of drug-likeness (QED) is 0.381. The lowest BCUT2D eigenvalue weighted by Crippen LogP contribution is -2.06. The second-order valence-electron chi connectivity index (χ2n) is 8.51. The number of ether oxygens (including phenoxy) is 1. The van der Waals surface area contributed by atoms with Gasteiger partial charge in [-0.3, -0.25) is 9.59 Å². The number of ketones is 1. The summed E-state index contributed by atoms with van der Waals surface area (Å²) in [6.07, 6.45) is 14.3. The van der Waals surface area contributed by atoms with Gasteiger partial charge in [-0.05, 0) is 38.2 Å². The van der Waals surface area contributed by atoms with Gasteiger partial charge in [-0.2, -0.15) is 0 Å². The maximum atomic E-state index is 12.4. The Kier molecular flexibility index (Phi) is 8.06. The number of carbonyl (C=O) groups excluding carboxylic acids is 2. The lowest BCUT2D eigenvalue weighted by atomic mass is 9.98. The number of hydrogen-bond acceptors (Lipinski definition) is 9. The van der Waals surface area contributed by atoms with Crippen LogP contribution in [0.1, 0.15) is 82.2 Å². The van der Waals surface area contributed by atoms with Crippen molar-refractivity contribution < 1.29 is 27.6 Å². The van der Waals surface area contributed by atoms with E-state index in [1.54, 1.807) is 12.3 Å². The second-order valence-corrected chi connectivity index (χ2v) is 8.51. The number of Topliss-reactive ketones (excluding diaryl/α,β-unsaturated/α-hetero) is 1. The van der Waals surface area contributed by atoms with Gasteiger partial charge in [-0.25, -0.2) is 15.0 Å². The van der Waals surface area contributed by atoms with Gasteiger partial charge in [0.05, 0.1) is 12.3 Å². The Bertz CT molecular complexity index is 1130. The Morgan fingerprint density at radius 1 is 0.824 bits per heavy atom. The van der Waals surface area contributed by atoms with Gasteiger partial charge in [0, 0.05) is 25.2 Å². The van der Waals surface area contributed by atoms with E-state index in [-0.39, 0.29) is 17.7 Å². The lowest BCUT2D eigenvalue weighted by molar-refractivity contribution is -0.143. The van der Waals surface area contributed by atoms with Crippen molar-refractivity contribution in [3.8, 4) is 23.2 Å². The second kappa shape index (κ2) is 11.6. The molecule has 0 aromatic carbocycles. The number of esters is 1. The van der Waals surface area contributed by atoms with Crippen LogP contribution >= 0.6 is 0 Å². The first-order valence-electron chi connectivity index (χ1n) is 11.8. The van der Waals surface area contributed by atoms with Gasteiger partial charge in [0.15, 0.2) is 11.4 Å². The van der Waals surface area contributed by atoms with E-state index >= 15 is 0 Å². The molecule has 0 radical (unpaired) electrons. The van der Waals surface area contributed by atoms with Gasteiger partial charge in [0.1, 0.15) is 24.6 Å². The molecular weight excluding hydrogens is 438 g/mol. The Labute approximate surface area is 197 Å². The summed E-state index contributed by atoms with van der Waals surface area (Å²) in [5.74, 6) is 0.988. The molecule has 9 heteroatoms. The van der Waals surface area contributed by atoms with E-state index in [1.165, 1.54) is 12.5 Å². The van der Waals surface area contributed by atoms with Gasteiger partial charge >= 0.3 is 5.97 Å². The maximum Gasteiger partial charge on any atom is 0.305 e. The molecule has 34 heavy (non-hydrogen) atoms. The van der Waals surface area contributed by atoms with Crippen molar-refractivity contribution in [2.24, 2.45) is 0 Å². The summed E-state index contributed by atoms with van der Waals surface area (Å²) < 4.78 is 21.9. The van der Waals surface area contributed by atoms with E-state index in [9.17, 15) is 9.59 Å². The van der Waals surface area contributed by atoms with Gasteiger partial charge < -0.3 is 18.0 Å². The van der Waals surface area contributed by atoms with E-state index < -0.39 is 0 Å². The number of aromatic nitrogens is 3. The van der Waals surface area contributed by atoms with E-state index in [0.29, 0.717) is 60.6 Å². The molecule has 0 fully saturated rings. The highest BCUT2D eigenvalue weighted by molar-refractivity contribution is 5.79. The van der Waals surface area contributed by atoms with Gasteiger partial charge in [0.25, 0.3) is 0 Å². The third-order valence-electron chi connectivity index (χ3n) is 5.65. The Balaban J connectivity index is 1.45. The maximum absolute atomic E-state index is 12.4. The van der Waals surface area contributed by atoms with Crippen LogP contribution in [0.2, 0.25) is 0 Å². The van der Waals surface area contributed by atoms with Crippen molar-refractivity contribution in [3.63, 3.8) is 0 Å². The van der Waals surface area contributed by atoms with Crippen LogP contribution in [0.25, 0.3) is 29.2 Å². The fourth-order valence-corrected chi connectivity index (χ4v) is 3.71. The first-order valence-corrected chi connectivity index (χ1v) is 11.8. The normalized spacial score (nSPS) is 20.2. The minimum Gasteiger partial charge on any atom is -0.466 e. The summed E-state index contributed by atoms with van der Waals surface area (Å²) in [6.45, 7) is 2.36. The summed E-state index contributed by atoms with van der Waals surface area (Å²) in [6, 6.07) is 0. The topological polar surface area (TPSA) is 121 Å². The number of allylic oxidation sites excluding steroid dienone is 1. The Hall–Kier alpha value is -3.49. The first kappa shape index (κ1) is 23.7. The van der Waals surface area contributed by atoms with Crippen molar-refractivity contribution >= 4 is 17.8 Å². The van der Waals surface area contributed by atoms with Crippen LogP contribution in [-0.2, 0) is 14.3 Å². The van der Waals surface area contributed by atoms with E-state index in [0.717, 1.165) is 38.5 Å². The van der Waals surface area contributed by atoms with Crippen molar-refractivity contribution in [1.82, 2.24) is 15.0 Å². The molecule has 1 aliphatic rings. The summed E-state index contributed by atoms with van der Waals surface area (Å²) in [5.41, 5.74) is 1.60. The number of hydrogen-bond donors (Lipinski definition) is 0. The predicted octanol–water partition coefficient (Wildman–Crippen LogP) is 5.74. The average Bonchev–Trinajstić information content (AvgIpc) is 3.57. The SMILES string of the molecule is CC1CC(=O)CCCCCC(=O)OCCCC/C=C/c2nc(co2)-c2nc(co2)-c2nc1co2. The highest BCUT2D eigenvalue weighted by Crippen LogP contribution is 2.27. The number of rotatable bonds is 0. The molecule has 1 aliphatic heterocycles. The zero-order chi connectivity index (χ0) is 23.8. The molecule has 0 spiro atoms. The summed E-state index contributed by atoms with van der Waals surface area (Å²) in [7, 11) is 0. The molecule has 0 amide bonds. The molecule has 0 aliphatic carbocycles. The standard InChI is InChI=1S/C25H29N3O6/c1-17-13-18(29)9-5-4-7-11-23(30)31-12-8-3-2-6-10-22-26-20(15-32-22)24-28-21(16-34-24)25-27-19(17)14-33-25/h6,10,14-17H,2-5,7-9,11-13H2,1H3/b10-6+. The smallest absolute Gasteiger partial charge is 0.305 e. The highest BCUT2D eigenvalue weighted by atomic mass is 16.5. The molecule has 1 unspecified atom stereocenters. The molecule has 6 bridgehead atoms. The molecule has 4 rings (SSSR count). The fourth-order valence-electron chi connectivity index (χ4n) is 3.71. The van der Waals surface area contributed by atoms with Crippen molar-refractivity contribution in [3.05, 3.63) is 36.5 Å². The van der Waals surface area contributed by atoms with Crippen LogP contribution in [0, 0.1) is 0 Å². The molecule has 3 aromatic rings. The molecule has 3 aromatic heterocycles. The van der Waals surface area contributed by atoms with Crippen LogP contribution in [-0.4, -0.2) is 33.3 Å². The molecule has 0 saturated heterocycles. The fraction of sp³-hybridized carbons (Fsp3) is 0.480. The molecule has 0 saturated carbocycles. The lowest BCUT2D eigenvalue weighted by Gasteiger charge is -2.07. The van der Waals surface area contributed by atoms with Gasteiger partial charge in [-0.1, -0.05) is 19.4 Å². The Morgan fingerprint density at radius 2 is 1.59 bits per heavy atom. The highest BCUT2D eigenvalue weighted by Gasteiger charge is 2.19. The van der Waals surface area contributed by atoms with Crippen molar-refractivity contribution in [1.29, 1.82) is 0 Å². The first-order chi connectivity index (χ1) is 16.6. The van der Waals surface area contributed by atoms with Crippen LogP contribution in [0.5, 0.6) is 0 Å². The number of cyclic esters (lactones) is 1. The van der Waals surface area contributed by atoms with Crippen LogP contribution in [0.3, 0.4) is 0 Å². The molecular formula is C25H29N3O6. The molecule has 4 heterocycles. The largest absolute Gasteiger partial charge is 0.466 e. The van der Waals surface area contributed by atoms with Crippen LogP contribution in [0.15, 0.2) is 38.1 Å². The summed E-state index contributed by atoms with van der Waals surface area (Å²) >= 11 is 0. The average molecular weight is 468 g/mol. The number of fused-ring (bicyclic) bond motifs is 8.